The fraction of sp³-hybridized carbons (Fsp3) is 0.0909. The molecule has 0 saturated carbocycles. The fourth-order valence-corrected chi connectivity index (χ4v) is 2.91. The number of hydrogen-bond donors (Lipinski definition) is 1. The van der Waals surface area contributed by atoms with Gasteiger partial charge in [0.1, 0.15) is 15.6 Å². The van der Waals surface area contributed by atoms with E-state index in [2.05, 4.69) is 4.98 Å². The molecule has 0 bridgehead atoms. The van der Waals surface area contributed by atoms with E-state index in [-0.39, 0.29) is 10.6 Å². The first-order chi connectivity index (χ1) is 8.39. The van der Waals surface area contributed by atoms with Crippen LogP contribution >= 0.6 is 46.1 Å². The molecule has 0 unspecified atom stereocenters. The molecule has 0 spiro atoms. The van der Waals surface area contributed by atoms with Crippen molar-refractivity contribution in [3.63, 3.8) is 0 Å². The van der Waals surface area contributed by atoms with Gasteiger partial charge in [0.15, 0.2) is 0 Å². The summed E-state index contributed by atoms with van der Waals surface area (Å²) in [5.74, 6) is -1.16. The number of thiazole rings is 1. The fourth-order valence-electron chi connectivity index (χ4n) is 1.36. The van der Waals surface area contributed by atoms with Gasteiger partial charge in [-0.05, 0) is 0 Å². The summed E-state index contributed by atoms with van der Waals surface area (Å²) < 4.78 is -1.85. The number of carbonyl (C=O) groups is 1. The zero-order valence-corrected chi connectivity index (χ0v) is 11.8. The van der Waals surface area contributed by atoms with E-state index >= 15 is 0 Å². The highest BCUT2D eigenvalue weighted by atomic mass is 35.6. The SMILES string of the molecule is O=C(O)c1sc(-c2ccccc2)nc1C(Cl)(Cl)Cl. The smallest absolute Gasteiger partial charge is 0.348 e. The molecule has 94 valence electrons. The molecule has 0 fully saturated rings. The van der Waals surface area contributed by atoms with Crippen molar-refractivity contribution < 1.29 is 9.90 Å². The van der Waals surface area contributed by atoms with Crippen LogP contribution in [0.4, 0.5) is 0 Å². The Labute approximate surface area is 122 Å². The summed E-state index contributed by atoms with van der Waals surface area (Å²) in [5, 5.41) is 9.59. The Kier molecular flexibility index (Phi) is 3.82. The molecule has 0 atom stereocenters. The number of carboxylic acids is 1. The first kappa shape index (κ1) is 13.6. The summed E-state index contributed by atoms with van der Waals surface area (Å²) in [5.41, 5.74) is 0.731. The number of halogens is 3. The van der Waals surface area contributed by atoms with Crippen molar-refractivity contribution in [2.45, 2.75) is 3.79 Å². The number of nitrogens with zero attached hydrogens (tertiary/aromatic N) is 1. The molecule has 0 aliphatic rings. The maximum absolute atomic E-state index is 11.1. The second-order valence-electron chi connectivity index (χ2n) is 3.37. The number of rotatable bonds is 2. The van der Waals surface area contributed by atoms with Crippen molar-refractivity contribution in [3.8, 4) is 10.6 Å². The third kappa shape index (κ3) is 2.78. The number of aromatic carboxylic acids is 1. The van der Waals surface area contributed by atoms with E-state index in [0.29, 0.717) is 5.01 Å². The predicted molar refractivity (Wildman–Crippen MR) is 73.7 cm³/mol. The van der Waals surface area contributed by atoms with Gasteiger partial charge in [-0.1, -0.05) is 65.1 Å². The van der Waals surface area contributed by atoms with Crippen molar-refractivity contribution in [1.82, 2.24) is 4.98 Å². The first-order valence-corrected chi connectivity index (χ1v) is 6.71. The van der Waals surface area contributed by atoms with E-state index in [0.717, 1.165) is 16.9 Å². The number of hydrogen-bond acceptors (Lipinski definition) is 3. The van der Waals surface area contributed by atoms with Gasteiger partial charge < -0.3 is 5.11 Å². The van der Waals surface area contributed by atoms with Crippen molar-refractivity contribution in [1.29, 1.82) is 0 Å². The van der Waals surface area contributed by atoms with Crippen LogP contribution in [0.25, 0.3) is 10.6 Å². The largest absolute Gasteiger partial charge is 0.477 e. The van der Waals surface area contributed by atoms with Crippen LogP contribution in [-0.4, -0.2) is 16.1 Å². The van der Waals surface area contributed by atoms with Crippen molar-refractivity contribution in [2.24, 2.45) is 0 Å². The normalized spacial score (nSPS) is 11.5. The van der Waals surface area contributed by atoms with Crippen LogP contribution in [-0.2, 0) is 3.79 Å². The second kappa shape index (κ2) is 5.05. The van der Waals surface area contributed by atoms with Gasteiger partial charge in [-0.15, -0.1) is 11.3 Å². The molecule has 2 rings (SSSR count). The number of benzene rings is 1. The van der Waals surface area contributed by atoms with Gasteiger partial charge in [-0.3, -0.25) is 0 Å². The van der Waals surface area contributed by atoms with Crippen LogP contribution in [0.3, 0.4) is 0 Å². The Morgan fingerprint density at radius 3 is 2.28 bits per heavy atom. The van der Waals surface area contributed by atoms with E-state index in [1.807, 2.05) is 30.3 Å². The van der Waals surface area contributed by atoms with Crippen LogP contribution < -0.4 is 0 Å². The highest BCUT2D eigenvalue weighted by molar-refractivity contribution is 7.17. The Balaban J connectivity index is 2.57. The van der Waals surface area contributed by atoms with Crippen LogP contribution in [0, 0.1) is 0 Å². The average Bonchev–Trinajstić information content (AvgIpc) is 2.74. The summed E-state index contributed by atoms with van der Waals surface area (Å²) in [6.45, 7) is 0. The molecule has 0 saturated heterocycles. The van der Waals surface area contributed by atoms with E-state index in [4.69, 9.17) is 39.9 Å². The Morgan fingerprint density at radius 1 is 1.22 bits per heavy atom. The lowest BCUT2D eigenvalue weighted by Crippen LogP contribution is -2.07. The summed E-state index contributed by atoms with van der Waals surface area (Å²) in [4.78, 5) is 15.2. The minimum Gasteiger partial charge on any atom is -0.477 e. The van der Waals surface area contributed by atoms with Crippen molar-refractivity contribution >= 4 is 52.1 Å². The molecule has 1 heterocycles. The zero-order valence-electron chi connectivity index (χ0n) is 8.73. The topological polar surface area (TPSA) is 50.2 Å². The Hall–Kier alpha value is -0.810. The molecule has 18 heavy (non-hydrogen) atoms. The van der Waals surface area contributed by atoms with E-state index < -0.39 is 9.76 Å². The Bertz CT molecular complexity index is 578. The number of alkyl halides is 3. The lowest BCUT2D eigenvalue weighted by Gasteiger charge is -2.07. The van der Waals surface area contributed by atoms with Gasteiger partial charge in [0.25, 0.3) is 0 Å². The molecular weight excluding hydrogens is 317 g/mol. The Morgan fingerprint density at radius 2 is 1.83 bits per heavy atom. The summed E-state index contributed by atoms with van der Waals surface area (Å²) in [7, 11) is 0. The van der Waals surface area contributed by atoms with Gasteiger partial charge in [0.2, 0.25) is 3.79 Å². The van der Waals surface area contributed by atoms with Crippen LogP contribution in [0.15, 0.2) is 30.3 Å². The summed E-state index contributed by atoms with van der Waals surface area (Å²) >= 11 is 18.1. The molecule has 1 aromatic heterocycles. The molecule has 3 nitrogen and oxygen atoms in total. The number of aromatic nitrogens is 1. The average molecular weight is 323 g/mol. The van der Waals surface area contributed by atoms with Gasteiger partial charge >= 0.3 is 5.97 Å². The van der Waals surface area contributed by atoms with Gasteiger partial charge in [0, 0.05) is 5.56 Å². The molecule has 0 aliphatic carbocycles. The van der Waals surface area contributed by atoms with Gasteiger partial charge in [-0.25, -0.2) is 9.78 Å². The summed E-state index contributed by atoms with van der Waals surface area (Å²) in [6.07, 6.45) is 0. The molecule has 0 amide bonds. The third-order valence-electron chi connectivity index (χ3n) is 2.11. The van der Waals surface area contributed by atoms with Crippen molar-refractivity contribution in [2.75, 3.05) is 0 Å². The molecular formula is C11H6Cl3NO2S. The van der Waals surface area contributed by atoms with Crippen LogP contribution in [0.1, 0.15) is 15.4 Å². The molecule has 0 aliphatic heterocycles. The highest BCUT2D eigenvalue weighted by Crippen LogP contribution is 2.42. The standard InChI is InChI=1S/C11H6Cl3NO2S/c12-11(13,14)8-7(10(16)17)18-9(15-8)6-4-2-1-3-5-6/h1-5H,(H,16,17). The maximum Gasteiger partial charge on any atom is 0.348 e. The predicted octanol–water partition coefficient (Wildman–Crippen LogP) is 4.34. The third-order valence-corrected chi connectivity index (χ3v) is 3.74. The highest BCUT2D eigenvalue weighted by Gasteiger charge is 2.33. The van der Waals surface area contributed by atoms with Crippen molar-refractivity contribution in [3.05, 3.63) is 40.9 Å². The van der Waals surface area contributed by atoms with E-state index in [1.54, 1.807) is 0 Å². The molecule has 1 aromatic carbocycles. The quantitative estimate of drug-likeness (QED) is 0.837. The molecule has 1 N–H and O–H groups in total. The molecule has 7 heteroatoms. The maximum atomic E-state index is 11.1. The van der Waals surface area contributed by atoms with Crippen LogP contribution in [0.5, 0.6) is 0 Å². The monoisotopic (exact) mass is 321 g/mol. The molecule has 2 aromatic rings. The second-order valence-corrected chi connectivity index (χ2v) is 6.65. The van der Waals surface area contributed by atoms with Gasteiger partial charge in [-0.2, -0.15) is 0 Å². The lowest BCUT2D eigenvalue weighted by atomic mass is 10.2. The van der Waals surface area contributed by atoms with E-state index in [9.17, 15) is 4.79 Å². The van der Waals surface area contributed by atoms with Crippen LogP contribution in [0.2, 0.25) is 0 Å². The van der Waals surface area contributed by atoms with Gasteiger partial charge in [0.05, 0.1) is 0 Å². The lowest BCUT2D eigenvalue weighted by molar-refractivity contribution is 0.0701. The molecule has 0 radical (unpaired) electrons. The summed E-state index contributed by atoms with van der Waals surface area (Å²) in [6, 6.07) is 9.13. The zero-order chi connectivity index (χ0) is 13.3. The van der Waals surface area contributed by atoms with E-state index in [1.165, 1.54) is 0 Å². The minimum atomic E-state index is -1.85. The number of carboxylic acid groups (broad SMARTS) is 1. The first-order valence-electron chi connectivity index (χ1n) is 4.76. The minimum absolute atomic E-state index is 0.0520.